The number of carbonyl (C=O) groups excluding carboxylic acids is 1. The van der Waals surface area contributed by atoms with E-state index in [1.165, 1.54) is 10.4 Å². The average Bonchev–Trinajstić information content (AvgIpc) is 3.19. The van der Waals surface area contributed by atoms with E-state index in [1.54, 1.807) is 22.7 Å². The fourth-order valence-electron chi connectivity index (χ4n) is 2.51. The molecule has 2 atom stereocenters. The van der Waals surface area contributed by atoms with E-state index in [0.717, 1.165) is 19.3 Å². The number of hydrogen-bond donors (Lipinski definition) is 1. The topological polar surface area (TPSA) is 29.1 Å². The number of carbonyl (C=O) groups is 1. The van der Waals surface area contributed by atoms with Gasteiger partial charge in [-0.05, 0) is 53.1 Å². The van der Waals surface area contributed by atoms with Gasteiger partial charge in [0.25, 0.3) is 0 Å². The van der Waals surface area contributed by atoms with Crippen molar-refractivity contribution in [2.24, 2.45) is 5.92 Å². The highest BCUT2D eigenvalue weighted by Crippen LogP contribution is 2.29. The zero-order valence-corrected chi connectivity index (χ0v) is 12.8. The minimum absolute atomic E-state index is 0.000318. The van der Waals surface area contributed by atoms with Gasteiger partial charge in [-0.15, -0.1) is 11.3 Å². The smallest absolute Gasteiger partial charge is 0.224 e. The molecule has 20 heavy (non-hydrogen) atoms. The van der Waals surface area contributed by atoms with Crippen LogP contribution in [0.15, 0.2) is 46.5 Å². The summed E-state index contributed by atoms with van der Waals surface area (Å²) < 4.78 is 0. The maximum absolute atomic E-state index is 12.5. The van der Waals surface area contributed by atoms with Gasteiger partial charge >= 0.3 is 0 Å². The van der Waals surface area contributed by atoms with E-state index >= 15 is 0 Å². The minimum Gasteiger partial charge on any atom is -0.344 e. The molecule has 104 valence electrons. The molecule has 0 saturated heterocycles. The van der Waals surface area contributed by atoms with Crippen molar-refractivity contribution in [3.63, 3.8) is 0 Å². The first-order valence-electron chi connectivity index (χ1n) is 6.85. The summed E-state index contributed by atoms with van der Waals surface area (Å²) in [5.41, 5.74) is 1.18. The molecule has 0 saturated carbocycles. The normalized spacial score (nSPS) is 19.7. The highest BCUT2D eigenvalue weighted by Gasteiger charge is 2.24. The number of amides is 1. The summed E-state index contributed by atoms with van der Waals surface area (Å²) in [5.74, 6) is 0.306. The average molecular weight is 303 g/mol. The third-order valence-electron chi connectivity index (χ3n) is 3.63. The molecule has 0 unspecified atom stereocenters. The van der Waals surface area contributed by atoms with Crippen LogP contribution in [0, 0.1) is 5.92 Å². The van der Waals surface area contributed by atoms with Gasteiger partial charge in [-0.25, -0.2) is 0 Å². The Labute approximate surface area is 127 Å². The van der Waals surface area contributed by atoms with E-state index in [9.17, 15) is 4.79 Å². The standard InChI is InChI=1S/C16H17NOS2/c18-16(12-5-2-1-3-6-12)17-15(13-8-10-19-11-13)14-7-4-9-20-14/h1-2,4,7-12,15H,3,5-6H2,(H,17,18)/t12-,15+/m0/s1. The fourth-order valence-corrected chi connectivity index (χ4v) is 3.99. The monoisotopic (exact) mass is 303 g/mol. The Balaban J connectivity index is 1.77. The van der Waals surface area contributed by atoms with Crippen LogP contribution in [0.2, 0.25) is 0 Å². The van der Waals surface area contributed by atoms with Crippen LogP contribution < -0.4 is 5.32 Å². The molecule has 2 aromatic rings. The molecular weight excluding hydrogens is 286 g/mol. The Bertz CT molecular complexity index is 537. The molecule has 0 aliphatic heterocycles. The third kappa shape index (κ3) is 3.02. The van der Waals surface area contributed by atoms with Crippen molar-refractivity contribution in [3.8, 4) is 0 Å². The van der Waals surface area contributed by atoms with Gasteiger partial charge in [0.05, 0.1) is 6.04 Å². The van der Waals surface area contributed by atoms with Crippen LogP contribution in [0.1, 0.15) is 35.7 Å². The van der Waals surface area contributed by atoms with E-state index in [1.807, 2.05) is 6.07 Å². The van der Waals surface area contributed by atoms with Crippen molar-refractivity contribution in [1.82, 2.24) is 5.32 Å². The molecule has 0 aromatic carbocycles. The van der Waals surface area contributed by atoms with Gasteiger partial charge in [0, 0.05) is 10.8 Å². The van der Waals surface area contributed by atoms with Crippen molar-refractivity contribution in [3.05, 3.63) is 56.9 Å². The lowest BCUT2D eigenvalue weighted by molar-refractivity contribution is -0.125. The fraction of sp³-hybridized carbons (Fsp3) is 0.312. The lowest BCUT2D eigenvalue weighted by Crippen LogP contribution is -2.34. The van der Waals surface area contributed by atoms with Crippen LogP contribution in [0.25, 0.3) is 0 Å². The van der Waals surface area contributed by atoms with Crippen LogP contribution in [0.4, 0.5) is 0 Å². The lowest BCUT2D eigenvalue weighted by Gasteiger charge is -2.22. The Morgan fingerprint density at radius 1 is 1.30 bits per heavy atom. The van der Waals surface area contributed by atoms with Crippen LogP contribution in [-0.4, -0.2) is 5.91 Å². The molecule has 0 radical (unpaired) electrons. The predicted molar refractivity (Wildman–Crippen MR) is 85.1 cm³/mol. The van der Waals surface area contributed by atoms with E-state index < -0.39 is 0 Å². The van der Waals surface area contributed by atoms with Crippen molar-refractivity contribution >= 4 is 28.6 Å². The quantitative estimate of drug-likeness (QED) is 0.835. The molecule has 1 amide bonds. The number of allylic oxidation sites excluding steroid dienone is 2. The van der Waals surface area contributed by atoms with Crippen molar-refractivity contribution in [2.75, 3.05) is 0 Å². The minimum atomic E-state index is -0.000318. The van der Waals surface area contributed by atoms with Crippen LogP contribution in [0.3, 0.4) is 0 Å². The number of hydrogen-bond acceptors (Lipinski definition) is 3. The molecule has 2 heterocycles. The highest BCUT2D eigenvalue weighted by molar-refractivity contribution is 7.10. The molecule has 1 aliphatic carbocycles. The predicted octanol–water partition coefficient (Wildman–Crippen LogP) is 4.37. The van der Waals surface area contributed by atoms with Gasteiger partial charge < -0.3 is 5.32 Å². The van der Waals surface area contributed by atoms with Crippen molar-refractivity contribution in [1.29, 1.82) is 0 Å². The van der Waals surface area contributed by atoms with Crippen molar-refractivity contribution < 1.29 is 4.79 Å². The number of nitrogens with one attached hydrogen (secondary N) is 1. The first-order chi connectivity index (χ1) is 9.84. The largest absolute Gasteiger partial charge is 0.344 e. The SMILES string of the molecule is O=C(N[C@H](c1ccsc1)c1cccs1)[C@H]1CC=CCC1. The second-order valence-corrected chi connectivity index (χ2v) is 6.75. The Morgan fingerprint density at radius 3 is 2.90 bits per heavy atom. The molecular formula is C16H17NOS2. The Kier molecular flexibility index (Phi) is 4.33. The third-order valence-corrected chi connectivity index (χ3v) is 5.27. The zero-order valence-electron chi connectivity index (χ0n) is 11.1. The van der Waals surface area contributed by atoms with E-state index in [-0.39, 0.29) is 17.9 Å². The summed E-state index contributed by atoms with van der Waals surface area (Å²) in [6.07, 6.45) is 7.13. The molecule has 0 spiro atoms. The Hall–Kier alpha value is -1.39. The molecule has 2 nitrogen and oxygen atoms in total. The molecule has 0 fully saturated rings. The molecule has 0 bridgehead atoms. The lowest BCUT2D eigenvalue weighted by atomic mass is 9.93. The van der Waals surface area contributed by atoms with E-state index in [2.05, 4.69) is 45.7 Å². The van der Waals surface area contributed by atoms with E-state index in [0.29, 0.717) is 0 Å². The number of thiophene rings is 2. The molecule has 4 heteroatoms. The maximum atomic E-state index is 12.5. The molecule has 1 N–H and O–H groups in total. The van der Waals surface area contributed by atoms with Gasteiger partial charge in [0.1, 0.15) is 0 Å². The maximum Gasteiger partial charge on any atom is 0.224 e. The second-order valence-electron chi connectivity index (χ2n) is 5.00. The van der Waals surface area contributed by atoms with Crippen LogP contribution in [-0.2, 0) is 4.79 Å². The molecule has 2 aromatic heterocycles. The highest BCUT2D eigenvalue weighted by atomic mass is 32.1. The van der Waals surface area contributed by atoms with E-state index in [4.69, 9.17) is 0 Å². The number of rotatable bonds is 4. The first kappa shape index (κ1) is 13.6. The van der Waals surface area contributed by atoms with Gasteiger partial charge in [0.15, 0.2) is 0 Å². The van der Waals surface area contributed by atoms with Gasteiger partial charge in [0.2, 0.25) is 5.91 Å². The summed E-state index contributed by atoms with van der Waals surface area (Å²) in [7, 11) is 0. The van der Waals surface area contributed by atoms with Gasteiger partial charge in [-0.2, -0.15) is 11.3 Å². The molecule has 3 rings (SSSR count). The Morgan fingerprint density at radius 2 is 2.25 bits per heavy atom. The summed E-state index contributed by atoms with van der Waals surface area (Å²) in [6, 6.07) is 6.22. The summed E-state index contributed by atoms with van der Waals surface area (Å²) in [5, 5.41) is 9.47. The first-order valence-corrected chi connectivity index (χ1v) is 8.67. The van der Waals surface area contributed by atoms with Gasteiger partial charge in [-0.3, -0.25) is 4.79 Å². The van der Waals surface area contributed by atoms with Crippen LogP contribution >= 0.6 is 22.7 Å². The summed E-state index contributed by atoms with van der Waals surface area (Å²) in [6.45, 7) is 0. The zero-order chi connectivity index (χ0) is 13.8. The van der Waals surface area contributed by atoms with Crippen molar-refractivity contribution in [2.45, 2.75) is 25.3 Å². The van der Waals surface area contributed by atoms with Crippen LogP contribution in [0.5, 0.6) is 0 Å². The molecule has 1 aliphatic rings. The summed E-state index contributed by atoms with van der Waals surface area (Å²) in [4.78, 5) is 13.7. The summed E-state index contributed by atoms with van der Waals surface area (Å²) >= 11 is 3.36. The second kappa shape index (κ2) is 6.37. The van der Waals surface area contributed by atoms with Gasteiger partial charge in [-0.1, -0.05) is 18.2 Å².